The molecule has 0 fully saturated rings. The lowest BCUT2D eigenvalue weighted by molar-refractivity contribution is 1.50. The SMILES string of the molecule is CC.CC1=C=CC=C(Cl)C=C1. The van der Waals surface area contributed by atoms with Crippen molar-refractivity contribution < 1.29 is 0 Å². The molecule has 0 aromatic carbocycles. The van der Waals surface area contributed by atoms with Crippen LogP contribution in [0.3, 0.4) is 0 Å². The van der Waals surface area contributed by atoms with Gasteiger partial charge in [0.1, 0.15) is 0 Å². The van der Waals surface area contributed by atoms with Gasteiger partial charge in [-0.1, -0.05) is 31.5 Å². The van der Waals surface area contributed by atoms with Gasteiger partial charge in [-0.3, -0.25) is 0 Å². The predicted molar refractivity (Wildman–Crippen MR) is 51.7 cm³/mol. The number of hydrogen-bond donors (Lipinski definition) is 0. The molecule has 0 bridgehead atoms. The average Bonchev–Trinajstić information content (AvgIpc) is 2.20. The van der Waals surface area contributed by atoms with Crippen molar-refractivity contribution in [3.05, 3.63) is 40.6 Å². The van der Waals surface area contributed by atoms with Gasteiger partial charge < -0.3 is 0 Å². The lowest BCUT2D eigenvalue weighted by atomic mass is 10.3. The summed E-state index contributed by atoms with van der Waals surface area (Å²) < 4.78 is 0. The summed E-state index contributed by atoms with van der Waals surface area (Å²) in [5, 5.41) is 0.749. The summed E-state index contributed by atoms with van der Waals surface area (Å²) in [5.41, 5.74) is 4.12. The molecule has 0 amide bonds. The maximum absolute atomic E-state index is 5.68. The molecule has 1 aliphatic carbocycles. The summed E-state index contributed by atoms with van der Waals surface area (Å²) in [6.45, 7) is 5.98. The Labute approximate surface area is 73.6 Å². The Morgan fingerprint density at radius 1 is 1.27 bits per heavy atom. The molecule has 0 radical (unpaired) electrons. The van der Waals surface area contributed by atoms with Crippen molar-refractivity contribution in [3.63, 3.8) is 0 Å². The standard InChI is InChI=1S/C8H7Cl.C2H6/c1-7-3-2-4-8(9)6-5-7;1-2/h2,4-6H,1H3;1-2H3. The van der Waals surface area contributed by atoms with E-state index >= 15 is 0 Å². The van der Waals surface area contributed by atoms with E-state index in [2.05, 4.69) is 5.73 Å². The van der Waals surface area contributed by atoms with Gasteiger partial charge in [-0.2, -0.15) is 0 Å². The highest BCUT2D eigenvalue weighted by Crippen LogP contribution is 2.07. The Morgan fingerprint density at radius 3 is 2.55 bits per heavy atom. The van der Waals surface area contributed by atoms with E-state index in [-0.39, 0.29) is 0 Å². The summed E-state index contributed by atoms with van der Waals surface area (Å²) in [5.74, 6) is 0. The lowest BCUT2D eigenvalue weighted by Gasteiger charge is -1.80. The van der Waals surface area contributed by atoms with Crippen molar-refractivity contribution in [2.24, 2.45) is 0 Å². The number of hydrogen-bond acceptors (Lipinski definition) is 0. The molecule has 0 heterocycles. The quantitative estimate of drug-likeness (QED) is 0.483. The second-order valence-corrected chi connectivity index (χ2v) is 2.32. The maximum Gasteiger partial charge on any atom is 0.0412 e. The van der Waals surface area contributed by atoms with E-state index in [1.807, 2.05) is 45.1 Å². The van der Waals surface area contributed by atoms with Crippen LogP contribution in [0.15, 0.2) is 40.6 Å². The zero-order chi connectivity index (χ0) is 8.69. The van der Waals surface area contributed by atoms with Crippen LogP contribution in [0.4, 0.5) is 0 Å². The monoisotopic (exact) mass is 168 g/mol. The topological polar surface area (TPSA) is 0 Å². The third kappa shape index (κ3) is 4.66. The highest BCUT2D eigenvalue weighted by molar-refractivity contribution is 6.31. The molecule has 0 N–H and O–H groups in total. The molecule has 0 aromatic rings. The van der Waals surface area contributed by atoms with E-state index in [9.17, 15) is 0 Å². The van der Waals surface area contributed by atoms with Gasteiger partial charge in [0.15, 0.2) is 0 Å². The van der Waals surface area contributed by atoms with E-state index in [0.29, 0.717) is 0 Å². The van der Waals surface area contributed by atoms with Crippen molar-refractivity contribution in [2.75, 3.05) is 0 Å². The number of halogens is 1. The lowest BCUT2D eigenvalue weighted by Crippen LogP contribution is -1.60. The Kier molecular flexibility index (Phi) is 5.64. The molecule has 1 heteroatoms. The summed E-state index contributed by atoms with van der Waals surface area (Å²) in [7, 11) is 0. The minimum Gasteiger partial charge on any atom is -0.118 e. The summed E-state index contributed by atoms with van der Waals surface area (Å²) in [4.78, 5) is 0. The Balaban J connectivity index is 0.000000461. The fourth-order valence-electron chi connectivity index (χ4n) is 0.561. The van der Waals surface area contributed by atoms with E-state index in [4.69, 9.17) is 11.6 Å². The first kappa shape index (κ1) is 10.3. The zero-order valence-corrected chi connectivity index (χ0v) is 7.94. The van der Waals surface area contributed by atoms with Gasteiger partial charge in [-0.15, -0.1) is 5.73 Å². The molecule has 11 heavy (non-hydrogen) atoms. The third-order valence-corrected chi connectivity index (χ3v) is 1.30. The minimum absolute atomic E-state index is 0.749. The van der Waals surface area contributed by atoms with Crippen LogP contribution in [0.1, 0.15) is 20.8 Å². The van der Waals surface area contributed by atoms with Crippen molar-refractivity contribution in [3.8, 4) is 0 Å². The van der Waals surface area contributed by atoms with Crippen LogP contribution in [0.5, 0.6) is 0 Å². The number of rotatable bonds is 0. The van der Waals surface area contributed by atoms with Crippen LogP contribution in [-0.4, -0.2) is 0 Å². The molecule has 0 aliphatic heterocycles. The Morgan fingerprint density at radius 2 is 1.91 bits per heavy atom. The van der Waals surface area contributed by atoms with Gasteiger partial charge in [0.25, 0.3) is 0 Å². The second-order valence-electron chi connectivity index (χ2n) is 1.88. The smallest absolute Gasteiger partial charge is 0.0412 e. The van der Waals surface area contributed by atoms with Crippen LogP contribution < -0.4 is 0 Å². The highest BCUT2D eigenvalue weighted by Gasteiger charge is 1.85. The van der Waals surface area contributed by atoms with Crippen molar-refractivity contribution in [1.29, 1.82) is 0 Å². The molecule has 0 aromatic heterocycles. The van der Waals surface area contributed by atoms with Gasteiger partial charge in [0.05, 0.1) is 0 Å². The highest BCUT2D eigenvalue weighted by atomic mass is 35.5. The van der Waals surface area contributed by atoms with Crippen LogP contribution >= 0.6 is 11.6 Å². The first-order valence-electron chi connectivity index (χ1n) is 3.76. The number of allylic oxidation sites excluding steroid dienone is 5. The third-order valence-electron chi connectivity index (χ3n) is 1.05. The second kappa shape index (κ2) is 6.03. The van der Waals surface area contributed by atoms with Gasteiger partial charge in [0, 0.05) is 5.03 Å². The van der Waals surface area contributed by atoms with E-state index < -0.39 is 0 Å². The summed E-state index contributed by atoms with van der Waals surface area (Å²) in [6, 6.07) is 0. The molecule has 0 spiro atoms. The first-order valence-corrected chi connectivity index (χ1v) is 4.14. The predicted octanol–water partition coefficient (Wildman–Crippen LogP) is 3.81. The fraction of sp³-hybridized carbons (Fsp3) is 0.300. The molecule has 1 aliphatic rings. The minimum atomic E-state index is 0.749. The Hall–Kier alpha value is -0.710. The maximum atomic E-state index is 5.68. The van der Waals surface area contributed by atoms with E-state index in [0.717, 1.165) is 10.6 Å². The van der Waals surface area contributed by atoms with Gasteiger partial charge >= 0.3 is 0 Å². The van der Waals surface area contributed by atoms with E-state index in [1.165, 1.54) is 0 Å². The molecule has 0 unspecified atom stereocenters. The van der Waals surface area contributed by atoms with Gasteiger partial charge in [-0.25, -0.2) is 0 Å². The van der Waals surface area contributed by atoms with Crippen molar-refractivity contribution in [1.82, 2.24) is 0 Å². The molecular weight excluding hydrogens is 156 g/mol. The molecular formula is C10H13Cl. The van der Waals surface area contributed by atoms with Crippen molar-refractivity contribution in [2.45, 2.75) is 20.8 Å². The molecule has 60 valence electrons. The van der Waals surface area contributed by atoms with Gasteiger partial charge in [0.2, 0.25) is 0 Å². The molecule has 1 rings (SSSR count). The Bertz CT molecular complexity index is 225. The van der Waals surface area contributed by atoms with Crippen LogP contribution in [0.25, 0.3) is 0 Å². The zero-order valence-electron chi connectivity index (χ0n) is 7.19. The van der Waals surface area contributed by atoms with Crippen LogP contribution in [0.2, 0.25) is 0 Å². The van der Waals surface area contributed by atoms with Gasteiger partial charge in [-0.05, 0) is 30.7 Å². The summed E-state index contributed by atoms with van der Waals surface area (Å²) >= 11 is 5.68. The van der Waals surface area contributed by atoms with E-state index in [1.54, 1.807) is 0 Å². The normalized spacial score (nSPS) is 14.2. The largest absolute Gasteiger partial charge is 0.118 e. The molecule has 0 nitrogen and oxygen atoms in total. The van der Waals surface area contributed by atoms with Crippen molar-refractivity contribution >= 4 is 11.6 Å². The van der Waals surface area contributed by atoms with Crippen LogP contribution in [-0.2, 0) is 0 Å². The average molecular weight is 169 g/mol. The molecule has 0 atom stereocenters. The molecule has 0 saturated carbocycles. The first-order chi connectivity index (χ1) is 5.29. The summed E-state index contributed by atoms with van der Waals surface area (Å²) in [6.07, 6.45) is 7.42. The van der Waals surface area contributed by atoms with Crippen LogP contribution in [0, 0.1) is 0 Å². The fourth-order valence-corrected chi connectivity index (χ4v) is 0.687. The molecule has 0 saturated heterocycles.